The molecule has 1 aromatic carbocycles. The molecule has 1 aromatic rings. The van der Waals surface area contributed by atoms with Crippen LogP contribution in [0.4, 0.5) is 0 Å². The first-order chi connectivity index (χ1) is 7.61. The second-order valence-corrected chi connectivity index (χ2v) is 4.41. The van der Waals surface area contributed by atoms with Crippen molar-refractivity contribution < 1.29 is 9.53 Å². The van der Waals surface area contributed by atoms with Crippen LogP contribution in [0.25, 0.3) is 0 Å². The average molecular weight is 286 g/mol. The van der Waals surface area contributed by atoms with Gasteiger partial charge in [0, 0.05) is 17.4 Å². The number of hydrogen-bond donors (Lipinski definition) is 1. The number of ether oxygens (including phenoxy) is 1. The van der Waals surface area contributed by atoms with Gasteiger partial charge in [-0.1, -0.05) is 35.0 Å². The molecule has 0 aliphatic carbocycles. The lowest BCUT2D eigenvalue weighted by Gasteiger charge is -2.14. The highest BCUT2D eigenvalue weighted by atomic mass is 79.9. The van der Waals surface area contributed by atoms with E-state index in [-0.39, 0.29) is 12.2 Å². The molecule has 3 nitrogen and oxygen atoms in total. The maximum absolute atomic E-state index is 11.0. The van der Waals surface area contributed by atoms with Gasteiger partial charge in [-0.15, -0.1) is 0 Å². The van der Waals surface area contributed by atoms with Crippen LogP contribution < -0.4 is 5.32 Å². The molecule has 0 aliphatic rings. The van der Waals surface area contributed by atoms with Gasteiger partial charge in [-0.05, 0) is 24.6 Å². The van der Waals surface area contributed by atoms with Crippen LogP contribution in [0.2, 0.25) is 0 Å². The fourth-order valence-corrected chi connectivity index (χ4v) is 1.68. The molecule has 4 heteroatoms. The van der Waals surface area contributed by atoms with Gasteiger partial charge in [0.25, 0.3) is 0 Å². The SMILES string of the molecule is CCC(=O)OC(C)NCc1cccc(Br)c1. The molecule has 0 aliphatic heterocycles. The molecular formula is C12H16BrNO2. The Balaban J connectivity index is 2.37. The largest absolute Gasteiger partial charge is 0.447 e. The molecule has 16 heavy (non-hydrogen) atoms. The third-order valence-corrected chi connectivity index (χ3v) is 2.57. The van der Waals surface area contributed by atoms with Crippen molar-refractivity contribution >= 4 is 21.9 Å². The van der Waals surface area contributed by atoms with Crippen molar-refractivity contribution in [2.45, 2.75) is 33.0 Å². The van der Waals surface area contributed by atoms with Crippen molar-refractivity contribution in [3.63, 3.8) is 0 Å². The van der Waals surface area contributed by atoms with Gasteiger partial charge in [0.15, 0.2) is 6.23 Å². The van der Waals surface area contributed by atoms with Crippen LogP contribution in [0.3, 0.4) is 0 Å². The topological polar surface area (TPSA) is 38.3 Å². The second kappa shape index (κ2) is 6.66. The molecule has 0 heterocycles. The molecule has 1 atom stereocenters. The van der Waals surface area contributed by atoms with Gasteiger partial charge in [0.1, 0.15) is 0 Å². The lowest BCUT2D eigenvalue weighted by molar-refractivity contribution is -0.149. The number of nitrogens with one attached hydrogen (secondary N) is 1. The number of hydrogen-bond acceptors (Lipinski definition) is 3. The van der Waals surface area contributed by atoms with Gasteiger partial charge < -0.3 is 4.74 Å². The molecule has 88 valence electrons. The van der Waals surface area contributed by atoms with E-state index in [0.717, 1.165) is 10.0 Å². The van der Waals surface area contributed by atoms with Crippen LogP contribution >= 0.6 is 15.9 Å². The number of carbonyl (C=O) groups excluding carboxylic acids is 1. The quantitative estimate of drug-likeness (QED) is 0.668. The molecule has 0 fully saturated rings. The minimum absolute atomic E-state index is 0.186. The summed E-state index contributed by atoms with van der Waals surface area (Å²) in [4.78, 5) is 11.0. The molecule has 0 saturated carbocycles. The van der Waals surface area contributed by atoms with Gasteiger partial charge in [-0.25, -0.2) is 0 Å². The third kappa shape index (κ3) is 4.77. The Morgan fingerprint density at radius 2 is 2.31 bits per heavy atom. The van der Waals surface area contributed by atoms with Crippen LogP contribution in [0.5, 0.6) is 0 Å². The van der Waals surface area contributed by atoms with Crippen molar-refractivity contribution in [2.24, 2.45) is 0 Å². The highest BCUT2D eigenvalue weighted by molar-refractivity contribution is 9.10. The molecule has 0 bridgehead atoms. The lowest BCUT2D eigenvalue weighted by atomic mass is 10.2. The molecule has 0 aromatic heterocycles. The van der Waals surface area contributed by atoms with Gasteiger partial charge in [0.05, 0.1) is 0 Å². The van der Waals surface area contributed by atoms with E-state index in [1.165, 1.54) is 0 Å². The number of carbonyl (C=O) groups is 1. The van der Waals surface area contributed by atoms with E-state index in [1.807, 2.05) is 31.2 Å². The summed E-state index contributed by atoms with van der Waals surface area (Å²) < 4.78 is 6.14. The van der Waals surface area contributed by atoms with Crippen molar-refractivity contribution in [3.8, 4) is 0 Å². The van der Waals surface area contributed by atoms with Crippen LogP contribution in [-0.2, 0) is 16.1 Å². The number of benzene rings is 1. The maximum atomic E-state index is 11.0. The standard InChI is InChI=1S/C12H16BrNO2/c1-3-12(15)16-9(2)14-8-10-5-4-6-11(13)7-10/h4-7,9,14H,3,8H2,1-2H3. The van der Waals surface area contributed by atoms with Gasteiger partial charge >= 0.3 is 5.97 Å². The maximum Gasteiger partial charge on any atom is 0.307 e. The third-order valence-electron chi connectivity index (χ3n) is 2.08. The summed E-state index contributed by atoms with van der Waals surface area (Å²) in [6.07, 6.45) is 0.148. The molecule has 0 radical (unpaired) electrons. The number of rotatable bonds is 5. The Kier molecular flexibility index (Phi) is 5.49. The minimum Gasteiger partial charge on any atom is -0.447 e. The Hall–Kier alpha value is -0.870. The molecule has 1 N–H and O–H groups in total. The van der Waals surface area contributed by atoms with E-state index in [4.69, 9.17) is 4.74 Å². The molecule has 1 unspecified atom stereocenters. The summed E-state index contributed by atoms with van der Waals surface area (Å²) in [6, 6.07) is 8.00. The fourth-order valence-electron chi connectivity index (χ4n) is 1.23. The van der Waals surface area contributed by atoms with E-state index >= 15 is 0 Å². The van der Waals surface area contributed by atoms with Crippen LogP contribution in [0.15, 0.2) is 28.7 Å². The minimum atomic E-state index is -0.258. The Labute approximate surface area is 104 Å². The summed E-state index contributed by atoms with van der Waals surface area (Å²) in [5, 5.41) is 3.13. The molecule has 0 spiro atoms. The van der Waals surface area contributed by atoms with E-state index in [0.29, 0.717) is 13.0 Å². The monoisotopic (exact) mass is 285 g/mol. The summed E-state index contributed by atoms with van der Waals surface area (Å²) in [5.41, 5.74) is 1.15. The molecule has 0 amide bonds. The first-order valence-electron chi connectivity index (χ1n) is 5.29. The number of halogens is 1. The van der Waals surface area contributed by atoms with Gasteiger partial charge in [0.2, 0.25) is 0 Å². The predicted octanol–water partition coefficient (Wildman–Crippen LogP) is 2.84. The van der Waals surface area contributed by atoms with E-state index in [2.05, 4.69) is 21.2 Å². The normalized spacial score (nSPS) is 12.2. The Bertz CT molecular complexity index is 355. The zero-order valence-corrected chi connectivity index (χ0v) is 11.1. The van der Waals surface area contributed by atoms with E-state index in [1.54, 1.807) is 6.92 Å². The van der Waals surface area contributed by atoms with Crippen molar-refractivity contribution in [1.29, 1.82) is 0 Å². The highest BCUT2D eigenvalue weighted by Crippen LogP contribution is 2.11. The summed E-state index contributed by atoms with van der Waals surface area (Å²) in [5.74, 6) is -0.186. The summed E-state index contributed by atoms with van der Waals surface area (Å²) in [6.45, 7) is 4.28. The smallest absolute Gasteiger partial charge is 0.307 e. The average Bonchev–Trinajstić information content (AvgIpc) is 2.26. The number of esters is 1. The van der Waals surface area contributed by atoms with Crippen LogP contribution in [-0.4, -0.2) is 12.2 Å². The Morgan fingerprint density at radius 1 is 1.56 bits per heavy atom. The van der Waals surface area contributed by atoms with Gasteiger partial charge in [-0.3, -0.25) is 10.1 Å². The first kappa shape index (κ1) is 13.2. The zero-order valence-electron chi connectivity index (χ0n) is 9.50. The summed E-state index contributed by atoms with van der Waals surface area (Å²) >= 11 is 3.41. The molecule has 1 rings (SSSR count). The first-order valence-corrected chi connectivity index (χ1v) is 6.08. The van der Waals surface area contributed by atoms with Crippen molar-refractivity contribution in [1.82, 2.24) is 5.32 Å². The summed E-state index contributed by atoms with van der Waals surface area (Å²) in [7, 11) is 0. The lowest BCUT2D eigenvalue weighted by Crippen LogP contribution is -2.30. The van der Waals surface area contributed by atoms with Crippen LogP contribution in [0.1, 0.15) is 25.8 Å². The fraction of sp³-hybridized carbons (Fsp3) is 0.417. The highest BCUT2D eigenvalue weighted by Gasteiger charge is 2.06. The second-order valence-electron chi connectivity index (χ2n) is 3.50. The van der Waals surface area contributed by atoms with Crippen molar-refractivity contribution in [2.75, 3.05) is 0 Å². The van der Waals surface area contributed by atoms with E-state index in [9.17, 15) is 4.79 Å². The molecular weight excluding hydrogens is 270 g/mol. The molecule has 0 saturated heterocycles. The van der Waals surface area contributed by atoms with Crippen molar-refractivity contribution in [3.05, 3.63) is 34.3 Å². The van der Waals surface area contributed by atoms with Gasteiger partial charge in [-0.2, -0.15) is 0 Å². The zero-order chi connectivity index (χ0) is 12.0. The predicted molar refractivity (Wildman–Crippen MR) is 66.8 cm³/mol. The Morgan fingerprint density at radius 3 is 2.94 bits per heavy atom. The van der Waals surface area contributed by atoms with Crippen LogP contribution in [0, 0.1) is 0 Å². The van der Waals surface area contributed by atoms with E-state index < -0.39 is 0 Å².